The lowest BCUT2D eigenvalue weighted by Gasteiger charge is -2.18. The molecule has 2 aromatic rings. The van der Waals surface area contributed by atoms with Gasteiger partial charge in [-0.25, -0.2) is 9.37 Å². The standard InChI is InChI=1S/C23H23FN2O5/c24-19-10-15(9-18-17(19)2-3-20(18)27)26-7-5-21(23(26)28)31-16-1-4-22(25-11-16)30-13-14-6-8-29-12-14/h1,4,9-11,14,21H,2-3,5-8,12-13H2. The van der Waals surface area contributed by atoms with Crippen LogP contribution >= 0.6 is 0 Å². The molecule has 2 saturated heterocycles. The van der Waals surface area contributed by atoms with Gasteiger partial charge < -0.3 is 19.1 Å². The molecule has 7 nitrogen and oxygen atoms in total. The number of halogens is 1. The van der Waals surface area contributed by atoms with Gasteiger partial charge in [-0.2, -0.15) is 0 Å². The van der Waals surface area contributed by atoms with Crippen molar-refractivity contribution in [1.82, 2.24) is 4.98 Å². The first-order valence-electron chi connectivity index (χ1n) is 10.6. The first-order valence-corrected chi connectivity index (χ1v) is 10.6. The summed E-state index contributed by atoms with van der Waals surface area (Å²) in [4.78, 5) is 30.6. The van der Waals surface area contributed by atoms with Crippen LogP contribution in [-0.4, -0.2) is 49.1 Å². The SMILES string of the molecule is O=C1CCc2c(F)cc(N3CCC(Oc4ccc(OCC5CCOC5)nc4)C3=O)cc21. The summed E-state index contributed by atoms with van der Waals surface area (Å²) in [6, 6.07) is 6.39. The Bertz CT molecular complexity index is 1000. The van der Waals surface area contributed by atoms with E-state index in [0.29, 0.717) is 73.4 Å². The van der Waals surface area contributed by atoms with Crippen LogP contribution in [0.15, 0.2) is 30.5 Å². The average Bonchev–Trinajstić information content (AvgIpc) is 3.50. The Morgan fingerprint density at radius 2 is 2.10 bits per heavy atom. The van der Waals surface area contributed by atoms with Gasteiger partial charge in [0, 0.05) is 49.2 Å². The molecule has 31 heavy (non-hydrogen) atoms. The van der Waals surface area contributed by atoms with Gasteiger partial charge in [0.1, 0.15) is 11.6 Å². The van der Waals surface area contributed by atoms with E-state index in [1.807, 2.05) is 0 Å². The van der Waals surface area contributed by atoms with Crippen molar-refractivity contribution < 1.29 is 28.2 Å². The van der Waals surface area contributed by atoms with Gasteiger partial charge in [-0.3, -0.25) is 9.59 Å². The van der Waals surface area contributed by atoms with Crippen molar-refractivity contribution >= 4 is 17.4 Å². The van der Waals surface area contributed by atoms with Crippen LogP contribution < -0.4 is 14.4 Å². The van der Waals surface area contributed by atoms with E-state index in [-0.39, 0.29) is 11.7 Å². The number of hydrogen-bond acceptors (Lipinski definition) is 6. The van der Waals surface area contributed by atoms with Crippen LogP contribution in [0.4, 0.5) is 10.1 Å². The molecule has 1 aromatic heterocycles. The number of aromatic nitrogens is 1. The Kier molecular flexibility index (Phi) is 5.31. The van der Waals surface area contributed by atoms with Crippen molar-refractivity contribution in [3.63, 3.8) is 0 Å². The number of pyridine rings is 1. The molecule has 3 aliphatic rings. The Morgan fingerprint density at radius 1 is 1.19 bits per heavy atom. The molecule has 5 rings (SSSR count). The smallest absolute Gasteiger partial charge is 0.268 e. The minimum atomic E-state index is -0.684. The highest BCUT2D eigenvalue weighted by Gasteiger charge is 2.36. The second-order valence-electron chi connectivity index (χ2n) is 8.13. The zero-order valence-electron chi connectivity index (χ0n) is 17.0. The maximum absolute atomic E-state index is 14.4. The van der Waals surface area contributed by atoms with E-state index in [4.69, 9.17) is 14.2 Å². The third-order valence-electron chi connectivity index (χ3n) is 6.03. The fraction of sp³-hybridized carbons (Fsp3) is 0.435. The van der Waals surface area contributed by atoms with Gasteiger partial charge in [0.25, 0.3) is 5.91 Å². The summed E-state index contributed by atoms with van der Waals surface area (Å²) in [5, 5.41) is 0. The van der Waals surface area contributed by atoms with Crippen molar-refractivity contribution in [2.24, 2.45) is 5.92 Å². The highest BCUT2D eigenvalue weighted by atomic mass is 19.1. The van der Waals surface area contributed by atoms with E-state index in [1.54, 1.807) is 18.2 Å². The number of hydrogen-bond donors (Lipinski definition) is 0. The van der Waals surface area contributed by atoms with Gasteiger partial charge in [-0.1, -0.05) is 0 Å². The summed E-state index contributed by atoms with van der Waals surface area (Å²) < 4.78 is 31.2. The number of amides is 1. The molecular weight excluding hydrogens is 403 g/mol. The molecule has 1 amide bonds. The molecular formula is C23H23FN2O5. The summed E-state index contributed by atoms with van der Waals surface area (Å²) in [5.74, 6) is 0.581. The number of carbonyl (C=O) groups excluding carboxylic acids is 2. The van der Waals surface area contributed by atoms with Crippen molar-refractivity contribution in [2.75, 3.05) is 31.3 Å². The lowest BCUT2D eigenvalue weighted by molar-refractivity contribution is -0.122. The molecule has 2 fully saturated rings. The Labute approximate surface area is 179 Å². The molecule has 0 radical (unpaired) electrons. The van der Waals surface area contributed by atoms with Gasteiger partial charge in [-0.05, 0) is 36.6 Å². The monoisotopic (exact) mass is 426 g/mol. The van der Waals surface area contributed by atoms with Crippen LogP contribution in [0.25, 0.3) is 0 Å². The molecule has 2 atom stereocenters. The van der Waals surface area contributed by atoms with Gasteiger partial charge in [0.15, 0.2) is 11.9 Å². The summed E-state index contributed by atoms with van der Waals surface area (Å²) in [7, 11) is 0. The first-order chi connectivity index (χ1) is 15.1. The third kappa shape index (κ3) is 3.99. The predicted molar refractivity (Wildman–Crippen MR) is 109 cm³/mol. The van der Waals surface area contributed by atoms with E-state index in [1.165, 1.54) is 17.2 Å². The molecule has 0 spiro atoms. The van der Waals surface area contributed by atoms with Crippen molar-refractivity contribution in [3.8, 4) is 11.6 Å². The lowest BCUT2D eigenvalue weighted by Crippen LogP contribution is -2.32. The van der Waals surface area contributed by atoms with Crippen LogP contribution in [0, 0.1) is 11.7 Å². The second-order valence-corrected chi connectivity index (χ2v) is 8.13. The highest BCUT2D eigenvalue weighted by Crippen LogP contribution is 2.32. The minimum absolute atomic E-state index is 0.0796. The number of benzene rings is 1. The van der Waals surface area contributed by atoms with E-state index >= 15 is 0 Å². The molecule has 0 saturated carbocycles. The molecule has 1 aromatic carbocycles. The number of nitrogens with zero attached hydrogens (tertiary/aromatic N) is 2. The average molecular weight is 426 g/mol. The summed E-state index contributed by atoms with van der Waals surface area (Å²) in [5.41, 5.74) is 1.23. The van der Waals surface area contributed by atoms with Crippen LogP contribution in [0.1, 0.15) is 35.2 Å². The van der Waals surface area contributed by atoms with Crippen molar-refractivity contribution in [1.29, 1.82) is 0 Å². The Hall–Kier alpha value is -3.00. The van der Waals surface area contributed by atoms with Gasteiger partial charge >= 0.3 is 0 Å². The van der Waals surface area contributed by atoms with E-state index in [0.717, 1.165) is 13.0 Å². The summed E-state index contributed by atoms with van der Waals surface area (Å²) in [6.45, 7) is 2.44. The Balaban J connectivity index is 1.22. The predicted octanol–water partition coefficient (Wildman–Crippen LogP) is 2.95. The normalized spacial score (nSPS) is 22.8. The molecule has 2 aliphatic heterocycles. The van der Waals surface area contributed by atoms with E-state index in [9.17, 15) is 14.0 Å². The number of anilines is 1. The topological polar surface area (TPSA) is 78.0 Å². The zero-order valence-corrected chi connectivity index (χ0v) is 17.0. The molecule has 0 bridgehead atoms. The minimum Gasteiger partial charge on any atom is -0.479 e. The maximum Gasteiger partial charge on any atom is 0.268 e. The molecule has 162 valence electrons. The highest BCUT2D eigenvalue weighted by molar-refractivity contribution is 6.04. The molecule has 8 heteroatoms. The van der Waals surface area contributed by atoms with Crippen molar-refractivity contribution in [3.05, 3.63) is 47.4 Å². The van der Waals surface area contributed by atoms with E-state index < -0.39 is 11.9 Å². The van der Waals surface area contributed by atoms with Crippen molar-refractivity contribution in [2.45, 2.75) is 31.8 Å². The third-order valence-corrected chi connectivity index (χ3v) is 6.03. The first kappa shape index (κ1) is 19.9. The molecule has 2 unspecified atom stereocenters. The lowest BCUT2D eigenvalue weighted by atomic mass is 10.1. The number of fused-ring (bicyclic) bond motifs is 1. The Morgan fingerprint density at radius 3 is 2.87 bits per heavy atom. The number of ether oxygens (including phenoxy) is 3. The van der Waals surface area contributed by atoms with Gasteiger partial charge in [0.2, 0.25) is 5.88 Å². The summed E-state index contributed by atoms with van der Waals surface area (Å²) in [6.07, 6.45) is 3.04. The maximum atomic E-state index is 14.4. The number of ketones is 1. The van der Waals surface area contributed by atoms with E-state index in [2.05, 4.69) is 4.98 Å². The fourth-order valence-corrected chi connectivity index (χ4v) is 4.28. The zero-order chi connectivity index (χ0) is 21.4. The van der Waals surface area contributed by atoms with Crippen LogP contribution in [0.3, 0.4) is 0 Å². The summed E-state index contributed by atoms with van der Waals surface area (Å²) >= 11 is 0. The second kappa shape index (κ2) is 8.26. The fourth-order valence-electron chi connectivity index (χ4n) is 4.28. The number of rotatable bonds is 6. The van der Waals surface area contributed by atoms with Gasteiger partial charge in [-0.15, -0.1) is 0 Å². The van der Waals surface area contributed by atoms with Gasteiger partial charge in [0.05, 0.1) is 19.4 Å². The number of Topliss-reactive ketones (excluding diaryl/α,β-unsaturated/α-hetero) is 1. The molecule has 3 heterocycles. The van der Waals surface area contributed by atoms with Crippen LogP contribution in [-0.2, 0) is 16.0 Å². The van der Waals surface area contributed by atoms with Crippen LogP contribution in [0.2, 0.25) is 0 Å². The largest absolute Gasteiger partial charge is 0.479 e. The van der Waals surface area contributed by atoms with Crippen LogP contribution in [0.5, 0.6) is 11.6 Å². The molecule has 1 aliphatic carbocycles. The molecule has 0 N–H and O–H groups in total. The number of carbonyl (C=O) groups is 2. The quantitative estimate of drug-likeness (QED) is 0.707.